The molecular weight excluding hydrogens is 250 g/mol. The highest BCUT2D eigenvalue weighted by molar-refractivity contribution is 7.18. The Morgan fingerprint density at radius 2 is 2.11 bits per heavy atom. The van der Waals surface area contributed by atoms with Crippen molar-refractivity contribution in [1.82, 2.24) is 0 Å². The average Bonchev–Trinajstić information content (AvgIpc) is 2.88. The van der Waals surface area contributed by atoms with E-state index in [4.69, 9.17) is 5.11 Å². The Balaban J connectivity index is 1.94. The molecule has 0 spiro atoms. The highest BCUT2D eigenvalue weighted by Gasteiger charge is 2.19. The quantitative estimate of drug-likeness (QED) is 0.879. The first-order valence-electron chi connectivity index (χ1n) is 6.20. The lowest BCUT2D eigenvalue weighted by molar-refractivity contribution is -0.117. The predicted molar refractivity (Wildman–Crippen MR) is 71.2 cm³/mol. The van der Waals surface area contributed by atoms with E-state index in [0.717, 1.165) is 24.2 Å². The van der Waals surface area contributed by atoms with Crippen LogP contribution in [0.25, 0.3) is 0 Å². The molecule has 1 aliphatic rings. The van der Waals surface area contributed by atoms with Crippen molar-refractivity contribution >= 4 is 28.2 Å². The first kappa shape index (κ1) is 13.1. The van der Waals surface area contributed by atoms with Crippen molar-refractivity contribution in [2.45, 2.75) is 39.0 Å². The summed E-state index contributed by atoms with van der Waals surface area (Å²) in [5, 5.41) is 12.4. The largest absolute Gasteiger partial charge is 0.477 e. The molecule has 4 nitrogen and oxygen atoms in total. The van der Waals surface area contributed by atoms with Crippen LogP contribution in [-0.2, 0) is 4.79 Å². The third-order valence-corrected chi connectivity index (χ3v) is 4.46. The van der Waals surface area contributed by atoms with Gasteiger partial charge < -0.3 is 10.4 Å². The number of carboxylic acids is 1. The van der Waals surface area contributed by atoms with E-state index in [1.807, 2.05) is 0 Å². The third-order valence-electron chi connectivity index (χ3n) is 3.32. The Labute approximate surface area is 110 Å². The molecule has 0 aromatic carbocycles. The zero-order valence-electron chi connectivity index (χ0n) is 10.4. The highest BCUT2D eigenvalue weighted by atomic mass is 32.1. The fourth-order valence-corrected chi connectivity index (χ4v) is 3.35. The van der Waals surface area contributed by atoms with Gasteiger partial charge in [-0.25, -0.2) is 4.79 Å². The zero-order valence-corrected chi connectivity index (χ0v) is 11.2. The lowest BCUT2D eigenvalue weighted by Gasteiger charge is -2.07. The van der Waals surface area contributed by atoms with Gasteiger partial charge in [0.2, 0.25) is 5.91 Å². The minimum atomic E-state index is -0.936. The Bertz CT molecular complexity index is 461. The van der Waals surface area contributed by atoms with E-state index < -0.39 is 5.97 Å². The van der Waals surface area contributed by atoms with Gasteiger partial charge in [-0.15, -0.1) is 11.3 Å². The Morgan fingerprint density at radius 3 is 2.67 bits per heavy atom. The second-order valence-corrected chi connectivity index (χ2v) is 5.88. The van der Waals surface area contributed by atoms with Gasteiger partial charge in [0.25, 0.3) is 0 Å². The van der Waals surface area contributed by atoms with Gasteiger partial charge in [0, 0.05) is 6.42 Å². The summed E-state index contributed by atoms with van der Waals surface area (Å²) >= 11 is 1.12. The standard InChI is InChI=1S/C13H17NO3S/c1-8-6-11(18-12(8)13(16)17)14-10(15)7-9-4-2-3-5-9/h6,9H,2-5,7H2,1H3,(H,14,15)(H,16,17). The number of nitrogens with one attached hydrogen (secondary N) is 1. The number of carbonyl (C=O) groups excluding carboxylic acids is 1. The number of hydrogen-bond acceptors (Lipinski definition) is 3. The Hall–Kier alpha value is -1.36. The number of carboxylic acid groups (broad SMARTS) is 1. The van der Waals surface area contributed by atoms with Crippen molar-refractivity contribution < 1.29 is 14.7 Å². The van der Waals surface area contributed by atoms with Crippen LogP contribution in [0, 0.1) is 12.8 Å². The molecule has 1 heterocycles. The second kappa shape index (κ2) is 5.52. The van der Waals surface area contributed by atoms with Crippen molar-refractivity contribution in [2.24, 2.45) is 5.92 Å². The maximum absolute atomic E-state index is 11.8. The molecule has 0 atom stereocenters. The molecule has 18 heavy (non-hydrogen) atoms. The average molecular weight is 267 g/mol. The lowest BCUT2D eigenvalue weighted by Crippen LogP contribution is -2.14. The van der Waals surface area contributed by atoms with Crippen LogP contribution in [0.15, 0.2) is 6.07 Å². The lowest BCUT2D eigenvalue weighted by atomic mass is 10.0. The van der Waals surface area contributed by atoms with E-state index in [2.05, 4.69) is 5.32 Å². The first-order valence-corrected chi connectivity index (χ1v) is 7.01. The molecule has 2 N–H and O–H groups in total. The summed E-state index contributed by atoms with van der Waals surface area (Å²) in [6.45, 7) is 1.74. The Kier molecular flexibility index (Phi) is 4.01. The minimum absolute atomic E-state index is 0.0000822. The molecule has 0 radical (unpaired) electrons. The van der Waals surface area contributed by atoms with Crippen molar-refractivity contribution in [3.63, 3.8) is 0 Å². The van der Waals surface area contributed by atoms with Gasteiger partial charge >= 0.3 is 5.97 Å². The second-order valence-electron chi connectivity index (χ2n) is 4.83. The predicted octanol–water partition coefficient (Wildman–Crippen LogP) is 3.27. The topological polar surface area (TPSA) is 66.4 Å². The van der Waals surface area contributed by atoms with Gasteiger partial charge in [0.1, 0.15) is 4.88 Å². The molecule has 0 saturated heterocycles. The molecule has 0 unspecified atom stereocenters. The monoisotopic (exact) mass is 267 g/mol. The summed E-state index contributed by atoms with van der Waals surface area (Å²) in [6, 6.07) is 1.72. The number of carbonyl (C=O) groups is 2. The van der Waals surface area contributed by atoms with Crippen LogP contribution in [0.1, 0.15) is 47.3 Å². The van der Waals surface area contributed by atoms with Gasteiger partial charge in [0.15, 0.2) is 0 Å². The van der Waals surface area contributed by atoms with Crippen molar-refractivity contribution in [3.05, 3.63) is 16.5 Å². The molecule has 1 aromatic heterocycles. The van der Waals surface area contributed by atoms with Gasteiger partial charge in [-0.1, -0.05) is 12.8 Å². The molecule has 1 saturated carbocycles. The van der Waals surface area contributed by atoms with E-state index in [0.29, 0.717) is 27.8 Å². The van der Waals surface area contributed by atoms with E-state index >= 15 is 0 Å². The minimum Gasteiger partial charge on any atom is -0.477 e. The van der Waals surface area contributed by atoms with E-state index in [1.165, 1.54) is 12.8 Å². The maximum Gasteiger partial charge on any atom is 0.346 e. The number of hydrogen-bond donors (Lipinski definition) is 2. The summed E-state index contributed by atoms with van der Waals surface area (Å²) in [6.07, 6.45) is 5.27. The van der Waals surface area contributed by atoms with Crippen molar-refractivity contribution in [3.8, 4) is 0 Å². The molecule has 1 aromatic rings. The van der Waals surface area contributed by atoms with Crippen LogP contribution in [0.4, 0.5) is 5.00 Å². The maximum atomic E-state index is 11.8. The molecule has 1 amide bonds. The van der Waals surface area contributed by atoms with Gasteiger partial charge in [-0.2, -0.15) is 0 Å². The summed E-state index contributed by atoms with van der Waals surface area (Å²) in [4.78, 5) is 23.0. The molecule has 98 valence electrons. The number of aryl methyl sites for hydroxylation is 1. The molecule has 0 aliphatic heterocycles. The summed E-state index contributed by atoms with van der Waals surface area (Å²) in [5.41, 5.74) is 0.698. The van der Waals surface area contributed by atoms with Gasteiger partial charge in [0.05, 0.1) is 5.00 Å². The first-order chi connectivity index (χ1) is 8.56. The molecular formula is C13H17NO3S. The van der Waals surface area contributed by atoms with E-state index in [1.54, 1.807) is 13.0 Å². The smallest absolute Gasteiger partial charge is 0.346 e. The Morgan fingerprint density at radius 1 is 1.44 bits per heavy atom. The SMILES string of the molecule is Cc1cc(NC(=O)CC2CCCC2)sc1C(=O)O. The number of thiophene rings is 1. The summed E-state index contributed by atoms with van der Waals surface area (Å²) in [7, 11) is 0. The van der Waals surface area contributed by atoms with Crippen molar-refractivity contribution in [2.75, 3.05) is 5.32 Å². The number of anilines is 1. The van der Waals surface area contributed by atoms with Crippen LogP contribution in [0.3, 0.4) is 0 Å². The molecule has 1 fully saturated rings. The summed E-state index contributed by atoms with van der Waals surface area (Å²) < 4.78 is 0. The van der Waals surface area contributed by atoms with Crippen LogP contribution < -0.4 is 5.32 Å². The molecule has 0 bridgehead atoms. The van der Waals surface area contributed by atoms with Crippen LogP contribution in [-0.4, -0.2) is 17.0 Å². The number of rotatable bonds is 4. The van der Waals surface area contributed by atoms with Crippen molar-refractivity contribution in [1.29, 1.82) is 0 Å². The van der Waals surface area contributed by atoms with Crippen LogP contribution in [0.2, 0.25) is 0 Å². The normalized spacial score (nSPS) is 15.8. The zero-order chi connectivity index (χ0) is 13.1. The van der Waals surface area contributed by atoms with Gasteiger partial charge in [-0.05, 0) is 37.3 Å². The highest BCUT2D eigenvalue weighted by Crippen LogP contribution is 2.30. The molecule has 1 aliphatic carbocycles. The van der Waals surface area contributed by atoms with E-state index in [9.17, 15) is 9.59 Å². The molecule has 5 heteroatoms. The van der Waals surface area contributed by atoms with Crippen LogP contribution in [0.5, 0.6) is 0 Å². The fraction of sp³-hybridized carbons (Fsp3) is 0.538. The fourth-order valence-electron chi connectivity index (χ4n) is 2.42. The van der Waals surface area contributed by atoms with Crippen LogP contribution >= 0.6 is 11.3 Å². The number of amides is 1. The van der Waals surface area contributed by atoms with Gasteiger partial charge in [-0.3, -0.25) is 4.79 Å². The molecule has 2 rings (SSSR count). The number of aromatic carboxylic acids is 1. The van der Waals surface area contributed by atoms with E-state index in [-0.39, 0.29) is 5.91 Å². The third kappa shape index (κ3) is 3.10. The summed E-state index contributed by atoms with van der Waals surface area (Å²) in [5.74, 6) is -0.432.